The molecule has 1 atom stereocenters. The van der Waals surface area contributed by atoms with Crippen LogP contribution in [0.15, 0.2) is 16.3 Å². The Bertz CT molecular complexity index is 708. The molecule has 1 N–H and O–H groups in total. The SMILES string of the molecule is CC(C(=O)NC1CCCC1)N1CCN(S(=O)(=O)c2ccc(Cl)s2)CC1. The lowest BCUT2D eigenvalue weighted by molar-refractivity contribution is -0.127. The van der Waals surface area contributed by atoms with E-state index in [1.165, 1.54) is 17.1 Å². The number of amides is 1. The van der Waals surface area contributed by atoms with Gasteiger partial charge >= 0.3 is 0 Å². The monoisotopic (exact) mass is 405 g/mol. The van der Waals surface area contributed by atoms with Gasteiger partial charge in [-0.15, -0.1) is 11.3 Å². The normalized spacial score (nSPS) is 22.2. The van der Waals surface area contributed by atoms with Gasteiger partial charge in [-0.1, -0.05) is 24.4 Å². The summed E-state index contributed by atoms with van der Waals surface area (Å²) in [6.07, 6.45) is 4.49. The summed E-state index contributed by atoms with van der Waals surface area (Å²) < 4.78 is 27.5. The average Bonchev–Trinajstić information content (AvgIpc) is 3.26. The number of piperazine rings is 1. The molecule has 1 saturated heterocycles. The van der Waals surface area contributed by atoms with Gasteiger partial charge in [-0.2, -0.15) is 4.31 Å². The van der Waals surface area contributed by atoms with E-state index in [4.69, 9.17) is 11.6 Å². The number of rotatable bonds is 5. The molecular formula is C16H24ClN3O3S2. The standard InChI is InChI=1S/C16H24ClN3O3S2/c1-12(16(21)18-13-4-2-3-5-13)19-8-10-20(11-9-19)25(22,23)15-7-6-14(17)24-15/h6-7,12-13H,2-5,8-11H2,1H3,(H,18,21). The van der Waals surface area contributed by atoms with Gasteiger partial charge in [-0.05, 0) is 31.9 Å². The van der Waals surface area contributed by atoms with Crippen molar-refractivity contribution in [3.8, 4) is 0 Å². The topological polar surface area (TPSA) is 69.7 Å². The average molecular weight is 406 g/mol. The van der Waals surface area contributed by atoms with Crippen LogP contribution in [0.4, 0.5) is 0 Å². The second-order valence-electron chi connectivity index (χ2n) is 6.66. The first-order valence-corrected chi connectivity index (χ1v) is 11.3. The third-order valence-electron chi connectivity index (χ3n) is 5.04. The predicted octanol–water partition coefficient (Wildman–Crippen LogP) is 2.16. The molecule has 25 heavy (non-hydrogen) atoms. The van der Waals surface area contributed by atoms with Crippen molar-refractivity contribution in [2.75, 3.05) is 26.2 Å². The van der Waals surface area contributed by atoms with Crippen LogP contribution in [0.2, 0.25) is 4.34 Å². The lowest BCUT2D eigenvalue weighted by Crippen LogP contribution is -2.55. The molecule has 1 saturated carbocycles. The summed E-state index contributed by atoms with van der Waals surface area (Å²) in [5.41, 5.74) is 0. The minimum absolute atomic E-state index is 0.0493. The summed E-state index contributed by atoms with van der Waals surface area (Å²) >= 11 is 6.93. The lowest BCUT2D eigenvalue weighted by Gasteiger charge is -2.36. The van der Waals surface area contributed by atoms with Crippen LogP contribution in [-0.4, -0.2) is 61.8 Å². The molecule has 9 heteroatoms. The van der Waals surface area contributed by atoms with Gasteiger partial charge in [0.25, 0.3) is 10.0 Å². The smallest absolute Gasteiger partial charge is 0.252 e. The van der Waals surface area contributed by atoms with Crippen molar-refractivity contribution in [3.63, 3.8) is 0 Å². The van der Waals surface area contributed by atoms with Crippen LogP contribution in [-0.2, 0) is 14.8 Å². The molecule has 140 valence electrons. The second kappa shape index (κ2) is 7.92. The third kappa shape index (κ3) is 4.36. The van der Waals surface area contributed by atoms with Gasteiger partial charge in [0.2, 0.25) is 5.91 Å². The minimum atomic E-state index is -3.49. The fourth-order valence-corrected chi connectivity index (χ4v) is 6.51. The third-order valence-corrected chi connectivity index (χ3v) is 8.64. The Kier molecular flexibility index (Phi) is 6.05. The Balaban J connectivity index is 1.55. The fraction of sp³-hybridized carbons (Fsp3) is 0.688. The van der Waals surface area contributed by atoms with E-state index in [2.05, 4.69) is 10.2 Å². The Morgan fingerprint density at radius 1 is 1.24 bits per heavy atom. The van der Waals surface area contributed by atoms with E-state index in [0.29, 0.717) is 36.6 Å². The van der Waals surface area contributed by atoms with E-state index < -0.39 is 10.0 Å². The molecule has 1 aliphatic carbocycles. The first kappa shape index (κ1) is 19.1. The molecule has 2 aliphatic rings. The molecule has 3 rings (SSSR count). The molecule has 1 aromatic rings. The predicted molar refractivity (Wildman–Crippen MR) is 99.5 cm³/mol. The van der Waals surface area contributed by atoms with Gasteiger partial charge in [0.1, 0.15) is 4.21 Å². The molecule has 0 radical (unpaired) electrons. The maximum atomic E-state index is 12.6. The largest absolute Gasteiger partial charge is 0.352 e. The number of hydrogen-bond acceptors (Lipinski definition) is 5. The molecule has 1 amide bonds. The lowest BCUT2D eigenvalue weighted by atomic mass is 10.2. The first-order chi connectivity index (χ1) is 11.9. The Hall–Kier alpha value is -0.670. The molecule has 0 spiro atoms. The number of nitrogens with one attached hydrogen (secondary N) is 1. The Morgan fingerprint density at radius 3 is 2.44 bits per heavy atom. The van der Waals surface area contributed by atoms with Crippen LogP contribution in [0.5, 0.6) is 0 Å². The van der Waals surface area contributed by atoms with E-state index in [9.17, 15) is 13.2 Å². The molecular weight excluding hydrogens is 382 g/mol. The van der Waals surface area contributed by atoms with Crippen LogP contribution in [0.1, 0.15) is 32.6 Å². The second-order valence-corrected chi connectivity index (χ2v) is 10.5. The quantitative estimate of drug-likeness (QED) is 0.814. The highest BCUT2D eigenvalue weighted by Crippen LogP contribution is 2.28. The molecule has 1 aromatic heterocycles. The zero-order chi connectivity index (χ0) is 18.0. The van der Waals surface area contributed by atoms with Crippen molar-refractivity contribution in [2.45, 2.75) is 48.9 Å². The number of thiophene rings is 1. The highest BCUT2D eigenvalue weighted by atomic mass is 35.5. The molecule has 1 unspecified atom stereocenters. The van der Waals surface area contributed by atoms with Crippen LogP contribution in [0.25, 0.3) is 0 Å². The van der Waals surface area contributed by atoms with Gasteiger partial charge in [0.05, 0.1) is 10.4 Å². The van der Waals surface area contributed by atoms with E-state index in [0.717, 1.165) is 24.2 Å². The van der Waals surface area contributed by atoms with Crippen LogP contribution < -0.4 is 5.32 Å². The van der Waals surface area contributed by atoms with E-state index in [-0.39, 0.29) is 16.2 Å². The number of nitrogens with zero attached hydrogens (tertiary/aromatic N) is 2. The van der Waals surface area contributed by atoms with Crippen molar-refractivity contribution in [1.29, 1.82) is 0 Å². The van der Waals surface area contributed by atoms with Crippen molar-refractivity contribution in [3.05, 3.63) is 16.5 Å². The van der Waals surface area contributed by atoms with E-state index >= 15 is 0 Å². The zero-order valence-corrected chi connectivity index (χ0v) is 16.7. The summed E-state index contributed by atoms with van der Waals surface area (Å²) in [5, 5.41) is 3.12. The Morgan fingerprint density at radius 2 is 1.88 bits per heavy atom. The number of hydrogen-bond donors (Lipinski definition) is 1. The highest BCUT2D eigenvalue weighted by Gasteiger charge is 2.33. The van der Waals surface area contributed by atoms with Crippen LogP contribution >= 0.6 is 22.9 Å². The van der Waals surface area contributed by atoms with Crippen molar-refractivity contribution >= 4 is 38.9 Å². The van der Waals surface area contributed by atoms with Gasteiger partial charge in [-0.3, -0.25) is 9.69 Å². The summed E-state index contributed by atoms with van der Waals surface area (Å²) in [7, 11) is -3.49. The maximum absolute atomic E-state index is 12.6. The van der Waals surface area contributed by atoms with Crippen LogP contribution in [0, 0.1) is 0 Å². The molecule has 1 aliphatic heterocycles. The minimum Gasteiger partial charge on any atom is -0.352 e. The summed E-state index contributed by atoms with van der Waals surface area (Å²) in [6.45, 7) is 3.78. The Labute approximate surface area is 158 Å². The van der Waals surface area contributed by atoms with Crippen molar-refractivity contribution < 1.29 is 13.2 Å². The maximum Gasteiger partial charge on any atom is 0.252 e. The summed E-state index contributed by atoms with van der Waals surface area (Å²) in [6, 6.07) is 3.22. The van der Waals surface area contributed by atoms with E-state index in [1.807, 2.05) is 6.92 Å². The van der Waals surface area contributed by atoms with Gasteiger partial charge < -0.3 is 5.32 Å². The van der Waals surface area contributed by atoms with Crippen molar-refractivity contribution in [2.24, 2.45) is 0 Å². The molecule has 2 heterocycles. The summed E-state index contributed by atoms with van der Waals surface area (Å²) in [4.78, 5) is 14.5. The van der Waals surface area contributed by atoms with Crippen molar-refractivity contribution in [1.82, 2.24) is 14.5 Å². The zero-order valence-electron chi connectivity index (χ0n) is 14.3. The van der Waals surface area contributed by atoms with Gasteiger partial charge in [-0.25, -0.2) is 8.42 Å². The fourth-order valence-electron chi connectivity index (χ4n) is 3.45. The molecule has 6 nitrogen and oxygen atoms in total. The number of carbonyl (C=O) groups excluding carboxylic acids is 1. The van der Waals surface area contributed by atoms with Gasteiger partial charge in [0.15, 0.2) is 0 Å². The number of halogens is 1. The van der Waals surface area contributed by atoms with Gasteiger partial charge in [0, 0.05) is 32.2 Å². The highest BCUT2D eigenvalue weighted by molar-refractivity contribution is 7.91. The first-order valence-electron chi connectivity index (χ1n) is 8.68. The molecule has 2 fully saturated rings. The molecule has 0 bridgehead atoms. The van der Waals surface area contributed by atoms with E-state index in [1.54, 1.807) is 12.1 Å². The molecule has 0 aromatic carbocycles. The number of carbonyl (C=O) groups is 1. The summed E-state index contributed by atoms with van der Waals surface area (Å²) in [5.74, 6) is 0.0493. The number of sulfonamides is 1. The van der Waals surface area contributed by atoms with Crippen LogP contribution in [0.3, 0.4) is 0 Å².